The Labute approximate surface area is 156 Å². The molecule has 2 aromatic carbocycles. The van der Waals surface area contributed by atoms with Crippen LogP contribution in [0, 0.1) is 5.82 Å². The first-order valence-electron chi connectivity index (χ1n) is 7.51. The number of hydrogen-bond donors (Lipinski definition) is 1. The summed E-state index contributed by atoms with van der Waals surface area (Å²) in [5.41, 5.74) is 1.42. The van der Waals surface area contributed by atoms with Gasteiger partial charge < -0.3 is 5.32 Å². The molecule has 0 saturated carbocycles. The summed E-state index contributed by atoms with van der Waals surface area (Å²) >= 11 is 7.09. The third kappa shape index (κ3) is 2.97. The SMILES string of the molecule is O=C1Nc2ccc(F)cc2C1=NN=C1SCC(=O)N1c1ccc(Cl)cc1. The molecule has 2 amide bonds. The number of fused-ring (bicyclic) bond motifs is 1. The summed E-state index contributed by atoms with van der Waals surface area (Å²) < 4.78 is 13.5. The molecule has 0 unspecified atom stereocenters. The van der Waals surface area contributed by atoms with E-state index in [1.54, 1.807) is 24.3 Å². The van der Waals surface area contributed by atoms with E-state index in [0.717, 1.165) is 0 Å². The minimum absolute atomic E-state index is 0.00278. The standard InChI is InChI=1S/C17H10ClFN4O2S/c18-9-1-4-11(5-2-9)23-14(24)8-26-17(23)22-21-15-12-7-10(19)3-6-13(12)20-16(15)25/h1-7H,8H2,(H,20,21,25). The fraction of sp³-hybridized carbons (Fsp3) is 0.0588. The van der Waals surface area contributed by atoms with Gasteiger partial charge in [-0.15, -0.1) is 10.2 Å². The van der Waals surface area contributed by atoms with Crippen LogP contribution in [-0.4, -0.2) is 28.4 Å². The number of amides is 2. The Morgan fingerprint density at radius 3 is 2.65 bits per heavy atom. The van der Waals surface area contributed by atoms with E-state index in [0.29, 0.717) is 27.1 Å². The molecule has 1 fully saturated rings. The molecule has 0 radical (unpaired) electrons. The monoisotopic (exact) mass is 388 g/mol. The lowest BCUT2D eigenvalue weighted by Gasteiger charge is -2.15. The van der Waals surface area contributed by atoms with Gasteiger partial charge in [-0.2, -0.15) is 0 Å². The Hall–Kier alpha value is -2.71. The maximum Gasteiger partial charge on any atom is 0.276 e. The Balaban J connectivity index is 1.71. The molecule has 2 aliphatic heterocycles. The summed E-state index contributed by atoms with van der Waals surface area (Å²) in [6.07, 6.45) is 0. The summed E-state index contributed by atoms with van der Waals surface area (Å²) in [7, 11) is 0. The molecular formula is C17H10ClFN4O2S. The molecule has 1 saturated heterocycles. The second-order valence-electron chi connectivity index (χ2n) is 5.47. The topological polar surface area (TPSA) is 74.1 Å². The highest BCUT2D eigenvalue weighted by molar-refractivity contribution is 8.15. The van der Waals surface area contributed by atoms with E-state index in [2.05, 4.69) is 15.5 Å². The fourth-order valence-corrected chi connectivity index (χ4v) is 3.54. The molecule has 1 N–H and O–H groups in total. The molecule has 2 aromatic rings. The van der Waals surface area contributed by atoms with Crippen LogP contribution >= 0.6 is 23.4 Å². The van der Waals surface area contributed by atoms with Crippen molar-refractivity contribution in [3.63, 3.8) is 0 Å². The number of carbonyl (C=O) groups excluding carboxylic acids is 2. The van der Waals surface area contributed by atoms with Crippen molar-refractivity contribution in [2.75, 3.05) is 16.0 Å². The van der Waals surface area contributed by atoms with Gasteiger partial charge in [0.25, 0.3) is 5.91 Å². The quantitative estimate of drug-likeness (QED) is 0.802. The Morgan fingerprint density at radius 1 is 1.12 bits per heavy atom. The van der Waals surface area contributed by atoms with Crippen LogP contribution in [0.2, 0.25) is 5.02 Å². The van der Waals surface area contributed by atoms with Crippen LogP contribution in [0.4, 0.5) is 15.8 Å². The van der Waals surface area contributed by atoms with Crippen molar-refractivity contribution in [3.05, 3.63) is 58.9 Å². The lowest BCUT2D eigenvalue weighted by molar-refractivity contribution is -0.115. The normalized spacial score (nSPS) is 19.4. The van der Waals surface area contributed by atoms with E-state index in [-0.39, 0.29) is 17.4 Å². The number of amidine groups is 1. The summed E-state index contributed by atoms with van der Waals surface area (Å²) in [6.45, 7) is 0. The molecule has 0 aromatic heterocycles. The molecule has 4 rings (SSSR count). The molecule has 2 heterocycles. The zero-order chi connectivity index (χ0) is 18.3. The number of hydrogen-bond acceptors (Lipinski definition) is 5. The lowest BCUT2D eigenvalue weighted by Crippen LogP contribution is -2.29. The number of nitrogens with zero attached hydrogens (tertiary/aromatic N) is 3. The van der Waals surface area contributed by atoms with E-state index in [9.17, 15) is 14.0 Å². The van der Waals surface area contributed by atoms with Crippen molar-refractivity contribution in [2.45, 2.75) is 0 Å². The van der Waals surface area contributed by atoms with Crippen LogP contribution in [0.1, 0.15) is 5.56 Å². The third-order valence-electron chi connectivity index (χ3n) is 3.79. The maximum atomic E-state index is 13.5. The van der Waals surface area contributed by atoms with Crippen LogP contribution in [0.5, 0.6) is 0 Å². The highest BCUT2D eigenvalue weighted by atomic mass is 35.5. The number of carbonyl (C=O) groups is 2. The van der Waals surface area contributed by atoms with E-state index in [1.807, 2.05) is 0 Å². The smallest absolute Gasteiger partial charge is 0.276 e. The van der Waals surface area contributed by atoms with Crippen molar-refractivity contribution in [3.8, 4) is 0 Å². The van der Waals surface area contributed by atoms with Crippen molar-refractivity contribution in [1.29, 1.82) is 0 Å². The summed E-state index contributed by atoms with van der Waals surface area (Å²) in [4.78, 5) is 25.7. The van der Waals surface area contributed by atoms with Crippen LogP contribution in [0.25, 0.3) is 0 Å². The number of benzene rings is 2. The Bertz CT molecular complexity index is 991. The van der Waals surface area contributed by atoms with Crippen LogP contribution in [0.3, 0.4) is 0 Å². The average Bonchev–Trinajstić information content (AvgIpc) is 3.13. The summed E-state index contributed by atoms with van der Waals surface area (Å²) in [5.74, 6) is -0.890. The first-order valence-corrected chi connectivity index (χ1v) is 8.87. The van der Waals surface area contributed by atoms with E-state index in [4.69, 9.17) is 11.6 Å². The predicted molar refractivity (Wildman–Crippen MR) is 100 cm³/mol. The first-order chi connectivity index (χ1) is 12.5. The van der Waals surface area contributed by atoms with E-state index >= 15 is 0 Å². The largest absolute Gasteiger partial charge is 0.320 e. The number of rotatable bonds is 2. The second kappa shape index (κ2) is 6.54. The van der Waals surface area contributed by atoms with Gasteiger partial charge in [0.15, 0.2) is 10.9 Å². The number of thioether (sulfide) groups is 1. The van der Waals surface area contributed by atoms with Gasteiger partial charge in [-0.25, -0.2) is 4.39 Å². The van der Waals surface area contributed by atoms with Crippen LogP contribution in [-0.2, 0) is 9.59 Å². The zero-order valence-corrected chi connectivity index (χ0v) is 14.6. The van der Waals surface area contributed by atoms with Gasteiger partial charge in [0.05, 0.1) is 17.1 Å². The van der Waals surface area contributed by atoms with Crippen molar-refractivity contribution < 1.29 is 14.0 Å². The molecule has 130 valence electrons. The van der Waals surface area contributed by atoms with Gasteiger partial charge in [-0.05, 0) is 42.5 Å². The highest BCUT2D eigenvalue weighted by Gasteiger charge is 2.31. The summed E-state index contributed by atoms with van der Waals surface area (Å²) in [6, 6.07) is 10.7. The third-order valence-corrected chi connectivity index (χ3v) is 4.95. The van der Waals surface area contributed by atoms with Gasteiger partial charge in [0.2, 0.25) is 5.91 Å². The zero-order valence-electron chi connectivity index (χ0n) is 13.1. The maximum absolute atomic E-state index is 13.5. The minimum atomic E-state index is -0.478. The molecule has 9 heteroatoms. The molecule has 0 bridgehead atoms. The minimum Gasteiger partial charge on any atom is -0.320 e. The van der Waals surface area contributed by atoms with Crippen molar-refractivity contribution >= 4 is 57.4 Å². The highest BCUT2D eigenvalue weighted by Crippen LogP contribution is 2.29. The molecular weight excluding hydrogens is 379 g/mol. The Morgan fingerprint density at radius 2 is 1.88 bits per heavy atom. The van der Waals surface area contributed by atoms with Crippen LogP contribution < -0.4 is 10.2 Å². The predicted octanol–water partition coefficient (Wildman–Crippen LogP) is 3.27. The average molecular weight is 389 g/mol. The van der Waals surface area contributed by atoms with Gasteiger partial charge in [0.1, 0.15) is 5.82 Å². The Kier molecular flexibility index (Phi) is 4.21. The molecule has 6 nitrogen and oxygen atoms in total. The van der Waals surface area contributed by atoms with E-state index in [1.165, 1.54) is 34.9 Å². The van der Waals surface area contributed by atoms with Crippen molar-refractivity contribution in [2.24, 2.45) is 10.2 Å². The van der Waals surface area contributed by atoms with Crippen LogP contribution in [0.15, 0.2) is 52.7 Å². The van der Waals surface area contributed by atoms with E-state index < -0.39 is 11.7 Å². The lowest BCUT2D eigenvalue weighted by atomic mass is 10.1. The van der Waals surface area contributed by atoms with Gasteiger partial charge in [-0.3, -0.25) is 14.5 Å². The molecule has 0 spiro atoms. The molecule has 26 heavy (non-hydrogen) atoms. The number of nitrogens with one attached hydrogen (secondary N) is 1. The van der Waals surface area contributed by atoms with Gasteiger partial charge in [0, 0.05) is 10.6 Å². The molecule has 2 aliphatic rings. The fourth-order valence-electron chi connectivity index (χ4n) is 2.60. The van der Waals surface area contributed by atoms with Crippen molar-refractivity contribution in [1.82, 2.24) is 0 Å². The van der Waals surface area contributed by atoms with Gasteiger partial charge >= 0.3 is 0 Å². The summed E-state index contributed by atoms with van der Waals surface area (Å²) in [5, 5.41) is 11.5. The number of anilines is 2. The number of halogens is 2. The molecule has 0 aliphatic carbocycles. The van der Waals surface area contributed by atoms with Gasteiger partial charge in [-0.1, -0.05) is 23.4 Å². The molecule has 0 atom stereocenters. The second-order valence-corrected chi connectivity index (χ2v) is 6.85. The first kappa shape index (κ1) is 16.7.